The molecule has 2 aliphatic carbocycles. The van der Waals surface area contributed by atoms with E-state index in [0.717, 1.165) is 65.7 Å². The molecule has 2 aromatic rings. The second-order valence-corrected chi connectivity index (χ2v) is 9.75. The van der Waals surface area contributed by atoms with Crippen LogP contribution >= 0.6 is 0 Å². The normalized spacial score (nSPS) is 19.6. The first-order chi connectivity index (χ1) is 18.1. The van der Waals surface area contributed by atoms with Crippen LogP contribution in [0, 0.1) is 5.92 Å². The molecule has 0 atom stereocenters. The number of allylic oxidation sites excluding steroid dienone is 5. The number of primary amides is 1. The van der Waals surface area contributed by atoms with E-state index in [1.54, 1.807) is 18.5 Å². The molecule has 0 radical (unpaired) electrons. The molecule has 1 saturated heterocycles. The highest BCUT2D eigenvalue weighted by Gasteiger charge is 2.25. The van der Waals surface area contributed by atoms with E-state index in [1.165, 1.54) is 24.8 Å². The lowest BCUT2D eigenvalue weighted by atomic mass is 9.78. The van der Waals surface area contributed by atoms with Gasteiger partial charge in [0.1, 0.15) is 5.82 Å². The number of hydrogen-bond donors (Lipinski definition) is 3. The van der Waals surface area contributed by atoms with Crippen LogP contribution in [-0.4, -0.2) is 47.0 Å². The van der Waals surface area contributed by atoms with E-state index in [1.807, 2.05) is 30.5 Å². The molecule has 0 aromatic carbocycles. The lowest BCUT2D eigenvalue weighted by Gasteiger charge is -2.32. The van der Waals surface area contributed by atoms with Crippen molar-refractivity contribution >= 4 is 29.1 Å². The number of anilines is 1. The molecule has 5 rings (SSSR count). The highest BCUT2D eigenvalue weighted by molar-refractivity contribution is 5.94. The van der Waals surface area contributed by atoms with E-state index in [2.05, 4.69) is 22.1 Å². The van der Waals surface area contributed by atoms with E-state index in [0.29, 0.717) is 23.7 Å². The van der Waals surface area contributed by atoms with Gasteiger partial charge in [-0.25, -0.2) is 9.97 Å². The summed E-state index contributed by atoms with van der Waals surface area (Å²) in [5, 5.41) is 5.34. The van der Waals surface area contributed by atoms with Crippen molar-refractivity contribution in [2.45, 2.75) is 39.0 Å². The van der Waals surface area contributed by atoms with Gasteiger partial charge in [0.25, 0.3) is 0 Å². The van der Waals surface area contributed by atoms with E-state index < -0.39 is 5.91 Å². The monoisotopic (exact) mass is 497 g/mol. The maximum Gasteiger partial charge on any atom is 0.244 e. The zero-order valence-electron chi connectivity index (χ0n) is 21.4. The largest absolute Gasteiger partial charge is 0.403 e. The van der Waals surface area contributed by atoms with Gasteiger partial charge in [-0.1, -0.05) is 43.2 Å². The number of piperazine rings is 1. The first-order valence-electron chi connectivity index (χ1n) is 13.2. The fraction of sp³-hybridized carbons (Fsp3) is 0.379. The lowest BCUT2D eigenvalue weighted by Crippen LogP contribution is -2.49. The number of carbonyl (C=O) groups is 1. The summed E-state index contributed by atoms with van der Waals surface area (Å²) in [6, 6.07) is 1.95. The standard InChI is InChI=1S/C29H35N7O/c1-2-22(19-5-3-6-19)26-25(17-30)34-28(35-29(26)36-15-13-32-14-16-36)23-11-12-33-18-24(23)20-7-4-8-21(10-9-20)27(31)37/h4,7,9-12,17-19,32H,2-3,5-6,8,13-16,30H2,1H3,(H2,31,37)/b25-17+,26-22-. The minimum atomic E-state index is -0.411. The van der Waals surface area contributed by atoms with E-state index >= 15 is 0 Å². The summed E-state index contributed by atoms with van der Waals surface area (Å²) < 4.78 is 0. The molecular weight excluding hydrogens is 462 g/mol. The fourth-order valence-corrected chi connectivity index (χ4v) is 5.36. The Morgan fingerprint density at radius 1 is 1.19 bits per heavy atom. The summed E-state index contributed by atoms with van der Waals surface area (Å²) in [7, 11) is 0. The average Bonchev–Trinajstić information content (AvgIpc) is 3.17. The van der Waals surface area contributed by atoms with Gasteiger partial charge in [0.05, 0.1) is 5.35 Å². The van der Waals surface area contributed by atoms with Crippen molar-refractivity contribution in [1.82, 2.24) is 20.3 Å². The lowest BCUT2D eigenvalue weighted by molar-refractivity contribution is -0.114. The topological polar surface area (TPSA) is 123 Å². The Labute approximate surface area is 217 Å². The molecule has 0 unspecified atom stereocenters. The Kier molecular flexibility index (Phi) is 7.46. The van der Waals surface area contributed by atoms with Gasteiger partial charge in [-0.15, -0.1) is 0 Å². The van der Waals surface area contributed by atoms with E-state index in [4.69, 9.17) is 21.4 Å². The van der Waals surface area contributed by atoms with Crippen molar-refractivity contribution < 1.29 is 4.79 Å². The number of nitrogens with two attached hydrogens (primary N) is 2. The number of hydrogen-bond acceptors (Lipinski definition) is 7. The molecule has 2 aromatic heterocycles. The molecule has 3 heterocycles. The van der Waals surface area contributed by atoms with Gasteiger partial charge in [-0.05, 0) is 43.2 Å². The molecule has 3 aliphatic rings. The quantitative estimate of drug-likeness (QED) is 0.556. The predicted octanol–water partition coefficient (Wildman–Crippen LogP) is 1.76. The zero-order valence-corrected chi connectivity index (χ0v) is 21.4. The van der Waals surface area contributed by atoms with Crippen LogP contribution in [0.4, 0.5) is 5.82 Å². The third-order valence-electron chi connectivity index (χ3n) is 7.58. The van der Waals surface area contributed by atoms with Crippen LogP contribution in [0.5, 0.6) is 0 Å². The van der Waals surface area contributed by atoms with Gasteiger partial charge in [0.15, 0.2) is 5.82 Å². The summed E-state index contributed by atoms with van der Waals surface area (Å²) in [6.07, 6.45) is 18.0. The Morgan fingerprint density at radius 3 is 2.68 bits per heavy atom. The first kappa shape index (κ1) is 24.9. The minimum absolute atomic E-state index is 0.411. The van der Waals surface area contributed by atoms with Crippen LogP contribution in [0.1, 0.15) is 44.6 Å². The molecular formula is C29H35N7O. The second kappa shape index (κ2) is 11.1. The number of carbonyl (C=O) groups excluding carboxylic acids is 1. The molecule has 0 spiro atoms. The van der Waals surface area contributed by atoms with Crippen LogP contribution in [0.2, 0.25) is 0 Å². The summed E-state index contributed by atoms with van der Waals surface area (Å²) >= 11 is 0. The van der Waals surface area contributed by atoms with Crippen molar-refractivity contribution in [1.29, 1.82) is 0 Å². The second-order valence-electron chi connectivity index (χ2n) is 9.75. The molecule has 37 heavy (non-hydrogen) atoms. The Hall–Kier alpha value is -3.78. The minimum Gasteiger partial charge on any atom is -0.403 e. The molecule has 192 valence electrons. The molecule has 1 saturated carbocycles. The van der Waals surface area contributed by atoms with Gasteiger partial charge >= 0.3 is 0 Å². The zero-order chi connectivity index (χ0) is 25.8. The van der Waals surface area contributed by atoms with Crippen molar-refractivity contribution in [3.05, 3.63) is 64.5 Å². The molecule has 8 nitrogen and oxygen atoms in total. The van der Waals surface area contributed by atoms with Crippen LogP contribution in [0.15, 0.2) is 48.3 Å². The van der Waals surface area contributed by atoms with Crippen LogP contribution < -0.4 is 32.3 Å². The van der Waals surface area contributed by atoms with Gasteiger partial charge in [0, 0.05) is 66.7 Å². The van der Waals surface area contributed by atoms with E-state index in [-0.39, 0.29) is 0 Å². The summed E-state index contributed by atoms with van der Waals surface area (Å²) in [5.74, 6) is 1.75. The van der Waals surface area contributed by atoms with Gasteiger partial charge in [0.2, 0.25) is 5.91 Å². The van der Waals surface area contributed by atoms with Crippen molar-refractivity contribution in [2.75, 3.05) is 31.1 Å². The third-order valence-corrected chi connectivity index (χ3v) is 7.58. The SMILES string of the molecule is CC/C(=c1/c(N2CCNCC2)nc(-c2ccncc2C2=CC=C(C(N)=O)CC=C2)n/c1=C/N)C1CCC1. The smallest absolute Gasteiger partial charge is 0.244 e. The van der Waals surface area contributed by atoms with Crippen LogP contribution in [0.25, 0.3) is 28.7 Å². The van der Waals surface area contributed by atoms with Gasteiger partial charge in [-0.2, -0.15) is 0 Å². The number of aromatic nitrogens is 3. The van der Waals surface area contributed by atoms with Crippen LogP contribution in [0.3, 0.4) is 0 Å². The number of nitrogens with zero attached hydrogens (tertiary/aromatic N) is 4. The molecule has 1 aliphatic heterocycles. The molecule has 2 fully saturated rings. The number of pyridine rings is 1. The molecule has 8 heteroatoms. The van der Waals surface area contributed by atoms with Crippen molar-refractivity contribution in [3.63, 3.8) is 0 Å². The summed E-state index contributed by atoms with van der Waals surface area (Å²) in [4.78, 5) is 28.7. The third kappa shape index (κ3) is 5.06. The average molecular weight is 498 g/mol. The number of amides is 1. The van der Waals surface area contributed by atoms with Gasteiger partial charge < -0.3 is 21.7 Å². The maximum absolute atomic E-state index is 11.7. The predicted molar refractivity (Wildman–Crippen MR) is 148 cm³/mol. The number of nitrogens with one attached hydrogen (secondary N) is 1. The summed E-state index contributed by atoms with van der Waals surface area (Å²) in [6.45, 7) is 5.82. The fourth-order valence-electron chi connectivity index (χ4n) is 5.36. The first-order valence-corrected chi connectivity index (χ1v) is 13.2. The van der Waals surface area contributed by atoms with E-state index in [9.17, 15) is 4.79 Å². The Balaban J connectivity index is 1.72. The Morgan fingerprint density at radius 2 is 2.00 bits per heavy atom. The molecule has 0 bridgehead atoms. The number of rotatable bonds is 6. The molecule has 1 amide bonds. The van der Waals surface area contributed by atoms with Gasteiger partial charge in [-0.3, -0.25) is 9.78 Å². The highest BCUT2D eigenvalue weighted by atomic mass is 16.1. The molecule has 5 N–H and O–H groups in total. The van der Waals surface area contributed by atoms with Crippen molar-refractivity contribution in [3.8, 4) is 11.4 Å². The maximum atomic E-state index is 11.7. The Bertz CT molecular complexity index is 1400. The summed E-state index contributed by atoms with van der Waals surface area (Å²) in [5.41, 5.74) is 16.4. The highest BCUT2D eigenvalue weighted by Crippen LogP contribution is 2.35. The van der Waals surface area contributed by atoms with Crippen LogP contribution in [-0.2, 0) is 4.79 Å². The van der Waals surface area contributed by atoms with Crippen molar-refractivity contribution in [2.24, 2.45) is 17.4 Å².